The summed E-state index contributed by atoms with van der Waals surface area (Å²) in [6.45, 7) is 0. The number of ether oxygens (including phenoxy) is 6. The minimum Gasteiger partial charge on any atom is -0.493 e. The Bertz CT molecular complexity index is 993. The molecule has 0 spiro atoms. The summed E-state index contributed by atoms with van der Waals surface area (Å²) in [5.41, 5.74) is 1.66. The lowest BCUT2D eigenvalue weighted by Crippen LogP contribution is -2.36. The summed E-state index contributed by atoms with van der Waals surface area (Å²) in [5.74, 6) is 3.13. The Balaban J connectivity index is 1.75. The lowest BCUT2D eigenvalue weighted by Gasteiger charge is -2.27. The zero-order valence-corrected chi connectivity index (χ0v) is 21.3. The van der Waals surface area contributed by atoms with Crippen LogP contribution in [0.2, 0.25) is 0 Å². The summed E-state index contributed by atoms with van der Waals surface area (Å²) in [5, 5.41) is 11.4. The first-order valence-corrected chi connectivity index (χ1v) is 11.0. The van der Waals surface area contributed by atoms with E-state index in [1.54, 1.807) is 42.7 Å². The van der Waals surface area contributed by atoms with Crippen molar-refractivity contribution >= 4 is 34.7 Å². The van der Waals surface area contributed by atoms with Gasteiger partial charge in [-0.2, -0.15) is 0 Å². The summed E-state index contributed by atoms with van der Waals surface area (Å²) in [7, 11) is 9.41. The van der Waals surface area contributed by atoms with Crippen molar-refractivity contribution in [2.24, 2.45) is 0 Å². The van der Waals surface area contributed by atoms with Gasteiger partial charge in [-0.05, 0) is 48.7 Å². The number of methoxy groups -OCH3 is 6. The first-order valence-electron chi connectivity index (χ1n) is 10.2. The van der Waals surface area contributed by atoms with Crippen LogP contribution in [0.5, 0.6) is 34.5 Å². The van der Waals surface area contributed by atoms with E-state index in [9.17, 15) is 0 Å². The topological polar surface area (TPSA) is 85.9 Å². The van der Waals surface area contributed by atoms with Crippen LogP contribution in [0.3, 0.4) is 0 Å². The van der Waals surface area contributed by atoms with E-state index in [1.165, 1.54) is 0 Å². The Morgan fingerprint density at radius 1 is 0.559 bits per heavy atom. The summed E-state index contributed by atoms with van der Waals surface area (Å²) in [6, 6.07) is 7.45. The second-order valence-corrected chi connectivity index (χ2v) is 8.08. The summed E-state index contributed by atoms with van der Waals surface area (Å²) < 4.78 is 33.0. The molecule has 10 nitrogen and oxygen atoms in total. The van der Waals surface area contributed by atoms with Gasteiger partial charge in [-0.15, -0.1) is 0 Å². The lowest BCUT2D eigenvalue weighted by atomic mass is 10.1. The van der Waals surface area contributed by atoms with Crippen molar-refractivity contribution in [3.05, 3.63) is 35.4 Å². The normalized spacial score (nSPS) is 18.8. The average Bonchev–Trinajstić information content (AvgIpc) is 3.39. The predicted octanol–water partition coefficient (Wildman–Crippen LogP) is 2.73. The highest BCUT2D eigenvalue weighted by Crippen LogP contribution is 2.45. The van der Waals surface area contributed by atoms with Gasteiger partial charge in [-0.25, -0.2) is 10.0 Å². The molecule has 12 heteroatoms. The Morgan fingerprint density at radius 2 is 0.853 bits per heavy atom. The molecule has 2 aromatic rings. The van der Waals surface area contributed by atoms with Gasteiger partial charge in [0.2, 0.25) is 11.5 Å². The van der Waals surface area contributed by atoms with E-state index < -0.39 is 12.3 Å². The number of hydrogen-bond donors (Lipinski definition) is 2. The number of benzene rings is 2. The highest BCUT2D eigenvalue weighted by Gasteiger charge is 2.48. The molecule has 2 fully saturated rings. The number of thiocarbonyl (C=S) groups is 2. The second-order valence-electron chi connectivity index (χ2n) is 7.31. The third-order valence-electron chi connectivity index (χ3n) is 5.66. The molecule has 0 amide bonds. The van der Waals surface area contributed by atoms with Crippen molar-refractivity contribution < 1.29 is 28.4 Å². The highest BCUT2D eigenvalue weighted by molar-refractivity contribution is 7.80. The smallest absolute Gasteiger partial charge is 0.203 e. The van der Waals surface area contributed by atoms with Gasteiger partial charge in [0.1, 0.15) is 12.3 Å². The van der Waals surface area contributed by atoms with Gasteiger partial charge in [0.05, 0.1) is 42.7 Å². The maximum atomic E-state index is 5.71. The molecular formula is C22H26N4O6S2. The van der Waals surface area contributed by atoms with E-state index in [2.05, 4.69) is 10.6 Å². The third-order valence-corrected chi connectivity index (χ3v) is 6.27. The van der Waals surface area contributed by atoms with E-state index in [-0.39, 0.29) is 0 Å². The zero-order chi connectivity index (χ0) is 24.6. The van der Waals surface area contributed by atoms with Gasteiger partial charge < -0.3 is 39.1 Å². The van der Waals surface area contributed by atoms with Crippen molar-refractivity contribution in [1.82, 2.24) is 20.7 Å². The number of rotatable bonds is 8. The maximum Gasteiger partial charge on any atom is 0.203 e. The highest BCUT2D eigenvalue weighted by atomic mass is 32.1. The number of nitrogens with one attached hydrogen (secondary N) is 2. The van der Waals surface area contributed by atoms with Crippen molar-refractivity contribution in [1.29, 1.82) is 0 Å². The molecule has 4 rings (SSSR count). The third kappa shape index (κ3) is 3.72. The monoisotopic (exact) mass is 506 g/mol. The number of nitrogens with zero attached hydrogens (tertiary/aromatic N) is 2. The minimum absolute atomic E-state index is 0.395. The fourth-order valence-corrected chi connectivity index (χ4v) is 4.75. The van der Waals surface area contributed by atoms with Crippen LogP contribution in [-0.4, -0.2) is 62.9 Å². The Labute approximate surface area is 208 Å². The fourth-order valence-electron chi connectivity index (χ4n) is 4.14. The molecule has 0 saturated carbocycles. The molecule has 0 bridgehead atoms. The van der Waals surface area contributed by atoms with Gasteiger partial charge in [0.25, 0.3) is 0 Å². The van der Waals surface area contributed by atoms with Crippen LogP contribution in [0.25, 0.3) is 0 Å². The van der Waals surface area contributed by atoms with Crippen LogP contribution < -0.4 is 39.1 Å². The first kappa shape index (κ1) is 23.8. The number of hydrogen-bond acceptors (Lipinski definition) is 8. The van der Waals surface area contributed by atoms with Crippen molar-refractivity contribution in [3.63, 3.8) is 0 Å². The van der Waals surface area contributed by atoms with E-state index in [1.807, 2.05) is 34.3 Å². The molecule has 2 aliphatic rings. The first-order chi connectivity index (χ1) is 16.4. The molecule has 2 unspecified atom stereocenters. The van der Waals surface area contributed by atoms with E-state index in [4.69, 9.17) is 52.9 Å². The predicted molar refractivity (Wildman–Crippen MR) is 133 cm³/mol. The molecule has 2 aliphatic heterocycles. The summed E-state index contributed by atoms with van der Waals surface area (Å²) in [4.78, 5) is 0. The van der Waals surface area contributed by atoms with Gasteiger partial charge in [-0.3, -0.25) is 0 Å². The van der Waals surface area contributed by atoms with Crippen LogP contribution >= 0.6 is 24.4 Å². The second kappa shape index (κ2) is 9.47. The number of fused-ring (bicyclic) bond motifs is 1. The standard InChI is InChI=1S/C22H26N4O6S2/c1-27-13-7-11(8-14(28-2)17(13)31-5)19-23-21(33)26-20(24-22(34)25(19)26)12-9-15(29-3)18(32-6)16(10-12)30-4/h7-10,19-20H,1-6H3,(H,23,33)(H,24,34). The molecule has 2 atom stereocenters. The molecule has 0 aliphatic carbocycles. The molecule has 2 heterocycles. The van der Waals surface area contributed by atoms with E-state index >= 15 is 0 Å². The largest absolute Gasteiger partial charge is 0.493 e. The van der Waals surface area contributed by atoms with Gasteiger partial charge in [-0.1, -0.05) is 0 Å². The SMILES string of the molecule is COc1cc(C2NC(=S)N3C(c4cc(OC)c(OC)c(OC)c4)NC(=S)N23)cc(OC)c1OC. The van der Waals surface area contributed by atoms with E-state index in [0.717, 1.165) is 11.1 Å². The van der Waals surface area contributed by atoms with Gasteiger partial charge in [0, 0.05) is 11.1 Å². The molecule has 2 N–H and O–H groups in total. The van der Waals surface area contributed by atoms with Gasteiger partial charge in [0.15, 0.2) is 33.2 Å². The summed E-state index contributed by atoms with van der Waals surface area (Å²) >= 11 is 11.4. The Morgan fingerprint density at radius 3 is 1.09 bits per heavy atom. The van der Waals surface area contributed by atoms with Gasteiger partial charge >= 0.3 is 0 Å². The van der Waals surface area contributed by atoms with Crippen LogP contribution in [0.1, 0.15) is 23.5 Å². The molecule has 34 heavy (non-hydrogen) atoms. The molecular weight excluding hydrogens is 480 g/mol. The minimum atomic E-state index is -0.395. The Kier molecular flexibility index (Phi) is 6.62. The molecule has 182 valence electrons. The molecule has 2 saturated heterocycles. The molecule has 0 radical (unpaired) electrons. The Hall–Kier alpha value is -3.38. The summed E-state index contributed by atoms with van der Waals surface area (Å²) in [6.07, 6.45) is -0.790. The van der Waals surface area contributed by atoms with Crippen molar-refractivity contribution in [2.75, 3.05) is 42.7 Å². The molecule has 0 aromatic heterocycles. The lowest BCUT2D eigenvalue weighted by molar-refractivity contribution is 0.113. The van der Waals surface area contributed by atoms with E-state index in [0.29, 0.717) is 44.7 Å². The quantitative estimate of drug-likeness (QED) is 0.517. The van der Waals surface area contributed by atoms with Crippen LogP contribution in [-0.2, 0) is 0 Å². The van der Waals surface area contributed by atoms with Crippen LogP contribution in [0.4, 0.5) is 0 Å². The van der Waals surface area contributed by atoms with Crippen molar-refractivity contribution in [2.45, 2.75) is 12.3 Å². The average molecular weight is 507 g/mol. The van der Waals surface area contributed by atoms with Crippen molar-refractivity contribution in [3.8, 4) is 34.5 Å². The number of hydrazine groups is 1. The zero-order valence-electron chi connectivity index (χ0n) is 19.6. The van der Waals surface area contributed by atoms with Crippen LogP contribution in [0, 0.1) is 0 Å². The molecule has 2 aromatic carbocycles. The van der Waals surface area contributed by atoms with Crippen LogP contribution in [0.15, 0.2) is 24.3 Å². The fraction of sp³-hybridized carbons (Fsp3) is 0.364. The maximum absolute atomic E-state index is 5.71.